The molecule has 0 saturated carbocycles. The molecule has 1 saturated heterocycles. The van der Waals surface area contributed by atoms with Crippen LogP contribution in [0.1, 0.15) is 24.3 Å². The second kappa shape index (κ2) is 6.17. The number of aromatic carboxylic acids is 1. The van der Waals surface area contributed by atoms with Gasteiger partial charge >= 0.3 is 5.97 Å². The van der Waals surface area contributed by atoms with E-state index in [0.717, 1.165) is 12.6 Å². The highest BCUT2D eigenvalue weighted by molar-refractivity contribution is 7.89. The Morgan fingerprint density at radius 2 is 1.95 bits per heavy atom. The van der Waals surface area contributed by atoms with Gasteiger partial charge in [-0.25, -0.2) is 13.2 Å². The summed E-state index contributed by atoms with van der Waals surface area (Å²) in [7, 11) is -3.61. The summed E-state index contributed by atoms with van der Waals surface area (Å²) in [5.41, 5.74) is -0.119. The van der Waals surface area contributed by atoms with Crippen LogP contribution < -0.4 is 0 Å². The fourth-order valence-corrected chi connectivity index (χ4v) is 3.88. The summed E-state index contributed by atoms with van der Waals surface area (Å²) in [6.45, 7) is 7.50. The standard InChI is InChI=1S/C13H21N3O4S/c1-10(2)9-15-3-5-16(6-4-15)21(19,20)11-7-12(13(17)18)14-8-11/h7-8,10,14H,3-6,9H2,1-2H3,(H,17,18). The fraction of sp³-hybridized carbons (Fsp3) is 0.615. The van der Waals surface area contributed by atoms with E-state index in [2.05, 4.69) is 23.7 Å². The maximum Gasteiger partial charge on any atom is 0.352 e. The SMILES string of the molecule is CC(C)CN1CCN(S(=O)(=O)c2c[nH]c(C(=O)O)c2)CC1. The number of carboxylic acids is 1. The third kappa shape index (κ3) is 3.63. The molecule has 0 aliphatic carbocycles. The van der Waals surface area contributed by atoms with E-state index < -0.39 is 16.0 Å². The van der Waals surface area contributed by atoms with Crippen molar-refractivity contribution in [1.82, 2.24) is 14.2 Å². The first-order valence-corrected chi connectivity index (χ1v) is 8.39. The van der Waals surface area contributed by atoms with E-state index in [1.54, 1.807) is 0 Å². The van der Waals surface area contributed by atoms with Crippen LogP contribution in [0.2, 0.25) is 0 Å². The van der Waals surface area contributed by atoms with Crippen LogP contribution in [0, 0.1) is 5.92 Å². The van der Waals surface area contributed by atoms with Gasteiger partial charge in [-0.1, -0.05) is 13.8 Å². The molecule has 0 spiro atoms. The molecule has 21 heavy (non-hydrogen) atoms. The Morgan fingerprint density at radius 3 is 2.43 bits per heavy atom. The van der Waals surface area contributed by atoms with Gasteiger partial charge in [-0.05, 0) is 12.0 Å². The molecule has 2 heterocycles. The molecule has 1 aromatic rings. The quantitative estimate of drug-likeness (QED) is 0.833. The lowest BCUT2D eigenvalue weighted by atomic mass is 10.2. The van der Waals surface area contributed by atoms with Crippen molar-refractivity contribution in [3.05, 3.63) is 18.0 Å². The van der Waals surface area contributed by atoms with Crippen LogP contribution in [0.4, 0.5) is 0 Å². The van der Waals surface area contributed by atoms with Gasteiger partial charge in [-0.2, -0.15) is 4.31 Å². The zero-order valence-corrected chi connectivity index (χ0v) is 13.1. The third-order valence-electron chi connectivity index (χ3n) is 3.48. The van der Waals surface area contributed by atoms with Crippen LogP contribution in [0.25, 0.3) is 0 Å². The summed E-state index contributed by atoms with van der Waals surface area (Å²) >= 11 is 0. The maximum atomic E-state index is 12.4. The number of hydrogen-bond acceptors (Lipinski definition) is 4. The Morgan fingerprint density at radius 1 is 1.33 bits per heavy atom. The number of hydrogen-bond donors (Lipinski definition) is 2. The summed E-state index contributed by atoms with van der Waals surface area (Å²) in [6.07, 6.45) is 1.24. The molecule has 0 aromatic carbocycles. The molecule has 0 bridgehead atoms. The van der Waals surface area contributed by atoms with Gasteiger partial charge in [0.2, 0.25) is 10.0 Å². The molecule has 118 valence electrons. The van der Waals surface area contributed by atoms with Crippen molar-refractivity contribution in [2.45, 2.75) is 18.7 Å². The minimum atomic E-state index is -3.61. The van der Waals surface area contributed by atoms with Crippen molar-refractivity contribution >= 4 is 16.0 Å². The second-order valence-corrected chi connectivity index (χ2v) is 7.59. The summed E-state index contributed by atoms with van der Waals surface area (Å²) in [5, 5.41) is 8.85. The Labute approximate surface area is 124 Å². The number of nitrogens with one attached hydrogen (secondary N) is 1. The van der Waals surface area contributed by atoms with E-state index in [1.165, 1.54) is 10.5 Å². The molecular formula is C13H21N3O4S. The van der Waals surface area contributed by atoms with Crippen molar-refractivity contribution in [1.29, 1.82) is 0 Å². The number of sulfonamides is 1. The Balaban J connectivity index is 2.05. The van der Waals surface area contributed by atoms with Crippen LogP contribution in [0.3, 0.4) is 0 Å². The molecule has 1 aliphatic heterocycles. The highest BCUT2D eigenvalue weighted by Gasteiger charge is 2.29. The summed E-state index contributed by atoms with van der Waals surface area (Å²) in [4.78, 5) is 15.5. The lowest BCUT2D eigenvalue weighted by Gasteiger charge is -2.34. The van der Waals surface area contributed by atoms with E-state index in [1.807, 2.05) is 0 Å². The number of aromatic nitrogens is 1. The minimum Gasteiger partial charge on any atom is -0.477 e. The Kier molecular flexibility index (Phi) is 4.70. The number of carbonyl (C=O) groups is 1. The van der Waals surface area contributed by atoms with E-state index in [0.29, 0.717) is 32.1 Å². The number of nitrogens with zero attached hydrogens (tertiary/aromatic N) is 2. The number of H-pyrrole nitrogens is 1. The molecule has 2 N–H and O–H groups in total. The average Bonchev–Trinajstić information content (AvgIpc) is 2.89. The molecule has 1 aromatic heterocycles. The molecule has 2 rings (SSSR count). The van der Waals surface area contributed by atoms with Gasteiger partial charge in [0, 0.05) is 38.9 Å². The van der Waals surface area contributed by atoms with Crippen molar-refractivity contribution in [3.8, 4) is 0 Å². The molecule has 0 amide bonds. The van der Waals surface area contributed by atoms with E-state index in [4.69, 9.17) is 5.11 Å². The lowest BCUT2D eigenvalue weighted by molar-refractivity contribution is 0.0691. The monoisotopic (exact) mass is 315 g/mol. The van der Waals surface area contributed by atoms with Gasteiger partial charge in [0.05, 0.1) is 0 Å². The Bertz CT molecular complexity index is 601. The number of carboxylic acid groups (broad SMARTS) is 1. The van der Waals surface area contributed by atoms with Crippen LogP contribution >= 0.6 is 0 Å². The smallest absolute Gasteiger partial charge is 0.352 e. The molecule has 1 aliphatic rings. The third-order valence-corrected chi connectivity index (χ3v) is 5.36. The fourth-order valence-electron chi connectivity index (χ4n) is 2.46. The van der Waals surface area contributed by atoms with E-state index in [9.17, 15) is 13.2 Å². The van der Waals surface area contributed by atoms with Crippen molar-refractivity contribution < 1.29 is 18.3 Å². The van der Waals surface area contributed by atoms with E-state index in [-0.39, 0.29) is 10.6 Å². The maximum absolute atomic E-state index is 12.4. The molecule has 0 atom stereocenters. The van der Waals surface area contributed by atoms with Crippen LogP contribution in [0.5, 0.6) is 0 Å². The molecule has 7 nitrogen and oxygen atoms in total. The Hall–Kier alpha value is -1.38. The average molecular weight is 315 g/mol. The molecule has 0 unspecified atom stereocenters. The van der Waals surface area contributed by atoms with Gasteiger partial charge in [0.1, 0.15) is 10.6 Å². The topological polar surface area (TPSA) is 93.7 Å². The zero-order valence-electron chi connectivity index (χ0n) is 12.2. The lowest BCUT2D eigenvalue weighted by Crippen LogP contribution is -2.49. The van der Waals surface area contributed by atoms with Gasteiger partial charge in [-0.3, -0.25) is 0 Å². The van der Waals surface area contributed by atoms with Crippen molar-refractivity contribution in [3.63, 3.8) is 0 Å². The highest BCUT2D eigenvalue weighted by Crippen LogP contribution is 2.19. The number of aromatic amines is 1. The van der Waals surface area contributed by atoms with Gasteiger partial charge < -0.3 is 15.0 Å². The summed E-state index contributed by atoms with van der Waals surface area (Å²) in [5.74, 6) is -0.617. The predicted octanol–water partition coefficient (Wildman–Crippen LogP) is 0.675. The number of rotatable bonds is 5. The molecule has 0 radical (unpaired) electrons. The van der Waals surface area contributed by atoms with Crippen molar-refractivity contribution in [2.24, 2.45) is 5.92 Å². The minimum absolute atomic E-state index is 0.0113. The van der Waals surface area contributed by atoms with Gasteiger partial charge in [-0.15, -0.1) is 0 Å². The highest BCUT2D eigenvalue weighted by atomic mass is 32.2. The van der Waals surface area contributed by atoms with E-state index >= 15 is 0 Å². The van der Waals surface area contributed by atoms with Crippen LogP contribution in [0.15, 0.2) is 17.2 Å². The molecule has 1 fully saturated rings. The molecule has 8 heteroatoms. The largest absolute Gasteiger partial charge is 0.477 e. The predicted molar refractivity (Wildman–Crippen MR) is 77.8 cm³/mol. The second-order valence-electron chi connectivity index (χ2n) is 5.65. The zero-order chi connectivity index (χ0) is 15.6. The summed E-state index contributed by atoms with van der Waals surface area (Å²) < 4.78 is 26.3. The summed E-state index contributed by atoms with van der Waals surface area (Å²) in [6, 6.07) is 1.16. The normalized spacial score (nSPS) is 18.2. The number of piperazine rings is 1. The first-order valence-electron chi connectivity index (χ1n) is 6.95. The first-order chi connectivity index (χ1) is 9.80. The van der Waals surface area contributed by atoms with Crippen LogP contribution in [-0.4, -0.2) is 66.4 Å². The van der Waals surface area contributed by atoms with Gasteiger partial charge in [0.25, 0.3) is 0 Å². The molecular weight excluding hydrogens is 294 g/mol. The first kappa shape index (κ1) is 16.0. The van der Waals surface area contributed by atoms with Gasteiger partial charge in [0.15, 0.2) is 0 Å². The van der Waals surface area contributed by atoms with Crippen LogP contribution in [-0.2, 0) is 10.0 Å². The van der Waals surface area contributed by atoms with Crippen molar-refractivity contribution in [2.75, 3.05) is 32.7 Å².